The third-order valence-corrected chi connectivity index (χ3v) is 7.06. The van der Waals surface area contributed by atoms with Crippen LogP contribution in [0.5, 0.6) is 0 Å². The predicted octanol–water partition coefficient (Wildman–Crippen LogP) is -15.2. The molecule has 0 aliphatic rings. The molecule has 4 amide bonds. The van der Waals surface area contributed by atoms with E-state index < -0.39 is 97.6 Å². The van der Waals surface area contributed by atoms with Crippen LogP contribution in [0.4, 0.5) is 0 Å². The van der Waals surface area contributed by atoms with E-state index in [2.05, 4.69) is 10.6 Å². The van der Waals surface area contributed by atoms with Gasteiger partial charge in [-0.3, -0.25) is 19.2 Å². The standard InChI is InChI=1S/C20H32N6O12S2.2Na/c21-9(19(35)36)1-3-13(27)25-11(17(33)23-5-15(29)30)7-39-40-8-12(18(34)24-6-16(31)32)26-14(28)4-2-10(22)20(37)38;;/h9-12H,1-8,21-22H2,(H,23,33)(H,24,34)(H,25,27)(H,26,28)(H,29,30)(H,31,32)(H,35,36)(H,37,38);;/q;2*+1/p-4/t9-,10-,11-,12-;;/m0../s1. The van der Waals surface area contributed by atoms with Gasteiger partial charge in [-0.15, -0.1) is 0 Å². The van der Waals surface area contributed by atoms with Crippen LogP contribution >= 0.6 is 21.6 Å². The number of hydrogen-bond acceptors (Lipinski definition) is 16. The molecule has 0 aromatic carbocycles. The fourth-order valence-electron chi connectivity index (χ4n) is 2.50. The molecule has 42 heavy (non-hydrogen) atoms. The first-order valence-corrected chi connectivity index (χ1v) is 13.8. The Morgan fingerprint density at radius 3 is 1.17 bits per heavy atom. The van der Waals surface area contributed by atoms with E-state index in [-0.39, 0.29) is 83.5 Å². The number of carboxylic acids is 4. The average Bonchev–Trinajstić information content (AvgIpc) is 2.87. The van der Waals surface area contributed by atoms with E-state index in [1.54, 1.807) is 0 Å². The molecule has 0 saturated carbocycles. The zero-order valence-corrected chi connectivity index (χ0v) is 28.5. The van der Waals surface area contributed by atoms with Gasteiger partial charge < -0.3 is 72.3 Å². The summed E-state index contributed by atoms with van der Waals surface area (Å²) in [7, 11) is 1.80. The molecular weight excluding hydrogens is 626 g/mol. The van der Waals surface area contributed by atoms with Gasteiger partial charge in [-0.1, -0.05) is 21.6 Å². The molecule has 18 nitrogen and oxygen atoms in total. The van der Waals surface area contributed by atoms with Gasteiger partial charge in [0.15, 0.2) is 0 Å². The third-order valence-electron chi connectivity index (χ3n) is 4.64. The monoisotopic (exact) mass is 654 g/mol. The van der Waals surface area contributed by atoms with Gasteiger partial charge in [0.2, 0.25) is 23.6 Å². The van der Waals surface area contributed by atoms with Crippen molar-refractivity contribution in [3.8, 4) is 0 Å². The second kappa shape index (κ2) is 24.8. The Morgan fingerprint density at radius 1 is 0.595 bits per heavy atom. The molecule has 0 radical (unpaired) electrons. The van der Waals surface area contributed by atoms with Crippen LogP contribution in [0, 0.1) is 0 Å². The number of hydrogen-bond donors (Lipinski definition) is 6. The molecule has 0 unspecified atom stereocenters. The Kier molecular flexibility index (Phi) is 26.4. The van der Waals surface area contributed by atoms with Gasteiger partial charge in [0, 0.05) is 36.4 Å². The fraction of sp³-hybridized carbons (Fsp3) is 0.600. The van der Waals surface area contributed by atoms with Gasteiger partial charge in [-0.05, 0) is 12.8 Å². The molecule has 8 N–H and O–H groups in total. The average molecular weight is 655 g/mol. The molecule has 0 aliphatic heterocycles. The van der Waals surface area contributed by atoms with Crippen molar-refractivity contribution in [1.82, 2.24) is 21.3 Å². The number of carbonyl (C=O) groups excluding carboxylic acids is 8. The summed E-state index contributed by atoms with van der Waals surface area (Å²) in [6, 6.07) is -5.52. The first-order chi connectivity index (χ1) is 18.6. The Balaban J connectivity index is -0.00000760. The van der Waals surface area contributed by atoms with E-state index in [0.29, 0.717) is 0 Å². The number of nitrogens with two attached hydrogens (primary N) is 2. The summed E-state index contributed by atoms with van der Waals surface area (Å²) >= 11 is 0. The second-order valence-electron chi connectivity index (χ2n) is 7.92. The van der Waals surface area contributed by atoms with Crippen LogP contribution in [-0.4, -0.2) is 96.3 Å². The van der Waals surface area contributed by atoms with Crippen molar-refractivity contribution in [3.63, 3.8) is 0 Å². The molecule has 4 atom stereocenters. The smallest absolute Gasteiger partial charge is 0.548 e. The predicted molar refractivity (Wildman–Crippen MR) is 129 cm³/mol. The van der Waals surface area contributed by atoms with E-state index in [1.165, 1.54) is 0 Å². The largest absolute Gasteiger partial charge is 1.00 e. The second-order valence-corrected chi connectivity index (χ2v) is 10.5. The molecule has 0 aromatic heterocycles. The van der Waals surface area contributed by atoms with Gasteiger partial charge in [0.25, 0.3) is 0 Å². The van der Waals surface area contributed by atoms with Crippen LogP contribution in [-0.2, 0) is 38.4 Å². The van der Waals surface area contributed by atoms with E-state index in [1.807, 2.05) is 10.6 Å². The van der Waals surface area contributed by atoms with Gasteiger partial charge in [0.1, 0.15) is 12.1 Å². The number of aliphatic carboxylic acids is 4. The van der Waals surface area contributed by atoms with Crippen molar-refractivity contribution in [2.24, 2.45) is 11.5 Å². The van der Waals surface area contributed by atoms with Gasteiger partial charge in [-0.25, -0.2) is 0 Å². The summed E-state index contributed by atoms with van der Waals surface area (Å²) in [6.07, 6.45) is -1.41. The van der Waals surface area contributed by atoms with E-state index in [4.69, 9.17) is 11.5 Å². The van der Waals surface area contributed by atoms with Crippen LogP contribution in [0.1, 0.15) is 25.7 Å². The molecule has 22 heteroatoms. The Bertz CT molecular complexity index is 891. The molecule has 0 fully saturated rings. The summed E-state index contributed by atoms with van der Waals surface area (Å²) in [5, 5.41) is 51.3. The molecule has 0 aliphatic carbocycles. The number of carbonyl (C=O) groups is 8. The molecule has 0 saturated heterocycles. The van der Waals surface area contributed by atoms with Crippen LogP contribution in [0.2, 0.25) is 0 Å². The van der Waals surface area contributed by atoms with E-state index >= 15 is 0 Å². The van der Waals surface area contributed by atoms with Gasteiger partial charge >= 0.3 is 59.1 Å². The molecule has 0 aromatic rings. The van der Waals surface area contributed by atoms with Gasteiger partial charge in [-0.2, -0.15) is 0 Å². The summed E-state index contributed by atoms with van der Waals surface area (Å²) in [4.78, 5) is 91.6. The van der Waals surface area contributed by atoms with E-state index in [9.17, 15) is 58.8 Å². The van der Waals surface area contributed by atoms with Crippen molar-refractivity contribution < 1.29 is 118 Å². The maximum atomic E-state index is 12.3. The molecule has 226 valence electrons. The minimum atomic E-state index is -1.61. The van der Waals surface area contributed by atoms with Crippen LogP contribution in [0.3, 0.4) is 0 Å². The molecule has 0 bridgehead atoms. The molecule has 0 rings (SSSR count). The van der Waals surface area contributed by atoms with Crippen molar-refractivity contribution >= 4 is 69.1 Å². The SMILES string of the molecule is N[C@@H](CCC(=O)N[C@@H](CSSC[C@H](NC(=O)CC[C@H](N)C(=O)[O-])C(=O)NCC(=O)[O-])C(=O)NCC(=O)[O-])C(=O)[O-].[Na+].[Na+]. The summed E-state index contributed by atoms with van der Waals surface area (Å²) in [5.74, 6) is -10.2. The maximum Gasteiger partial charge on any atom is 1.00 e. The fourth-order valence-corrected chi connectivity index (χ4v) is 4.83. The minimum Gasteiger partial charge on any atom is -0.548 e. The van der Waals surface area contributed by atoms with Crippen molar-refractivity contribution in [3.05, 3.63) is 0 Å². The third kappa shape index (κ3) is 22.0. The summed E-state index contributed by atoms with van der Waals surface area (Å²) < 4.78 is 0. The van der Waals surface area contributed by atoms with Crippen molar-refractivity contribution in [1.29, 1.82) is 0 Å². The minimum absolute atomic E-state index is 0. The quantitative estimate of drug-likeness (QED) is 0.0380. The normalized spacial score (nSPS) is 12.9. The van der Waals surface area contributed by atoms with Crippen LogP contribution < -0.4 is 112 Å². The molecule has 0 spiro atoms. The zero-order valence-electron chi connectivity index (χ0n) is 22.8. The Hall–Kier alpha value is -1.62. The zero-order chi connectivity index (χ0) is 30.8. The first-order valence-electron chi connectivity index (χ1n) is 11.3. The van der Waals surface area contributed by atoms with Gasteiger partial charge in [0.05, 0.1) is 37.0 Å². The summed E-state index contributed by atoms with van der Waals surface area (Å²) in [6.45, 7) is -1.74. The summed E-state index contributed by atoms with van der Waals surface area (Å²) in [5.41, 5.74) is 10.5. The van der Waals surface area contributed by atoms with Crippen molar-refractivity contribution in [2.75, 3.05) is 24.6 Å². The van der Waals surface area contributed by atoms with E-state index in [0.717, 1.165) is 21.6 Å². The Labute approximate surface area is 291 Å². The number of amides is 4. The Morgan fingerprint density at radius 2 is 0.905 bits per heavy atom. The maximum absolute atomic E-state index is 12.3. The number of rotatable bonds is 21. The number of nitrogens with one attached hydrogen (secondary N) is 4. The van der Waals surface area contributed by atoms with Crippen molar-refractivity contribution in [2.45, 2.75) is 49.9 Å². The first kappa shape index (κ1) is 44.8. The topological polar surface area (TPSA) is 329 Å². The van der Waals surface area contributed by atoms with Crippen LogP contribution in [0.15, 0.2) is 0 Å². The number of carboxylic acid groups (broad SMARTS) is 4. The molecule has 0 heterocycles. The van der Waals surface area contributed by atoms with Crippen LogP contribution in [0.25, 0.3) is 0 Å². The molecular formula is C20H28N6Na2O12S2-2.